The molecule has 0 radical (unpaired) electrons. The lowest BCUT2D eigenvalue weighted by atomic mass is 9.95. The van der Waals surface area contributed by atoms with Gasteiger partial charge in [0.2, 0.25) is 17.5 Å². The first-order chi connectivity index (χ1) is 58.5. The summed E-state index contributed by atoms with van der Waals surface area (Å²) in [7, 11) is 2.17. The maximum absolute atomic E-state index is 12.9. The maximum atomic E-state index is 12.9. The first-order valence-corrected chi connectivity index (χ1v) is 44.7. The van der Waals surface area contributed by atoms with Crippen LogP contribution in [-0.2, 0) is 25.7 Å². The molecular weight excluding hydrogens is 1490 g/mol. The third-order valence-corrected chi connectivity index (χ3v) is 23.0. The molecule has 4 saturated carbocycles. The van der Waals surface area contributed by atoms with Crippen molar-refractivity contribution >= 4 is 62.1 Å². The smallest absolute Gasteiger partial charge is 0.256 e. The summed E-state index contributed by atoms with van der Waals surface area (Å²) in [5.74, 6) is 10.4. The summed E-state index contributed by atoms with van der Waals surface area (Å²) in [5, 5.41) is 10.5. The number of fused-ring (bicyclic) bond motifs is 3. The lowest BCUT2D eigenvalue weighted by molar-refractivity contribution is 0.0954. The van der Waals surface area contributed by atoms with Gasteiger partial charge in [0, 0.05) is 145 Å². The van der Waals surface area contributed by atoms with E-state index in [1.54, 1.807) is 6.20 Å². The molecule has 17 heteroatoms. The van der Waals surface area contributed by atoms with Gasteiger partial charge in [0.25, 0.3) is 5.91 Å². The lowest BCUT2D eigenvalue weighted by Crippen LogP contribution is -2.44. The van der Waals surface area contributed by atoms with Crippen LogP contribution in [-0.4, -0.2) is 110 Å². The van der Waals surface area contributed by atoms with E-state index >= 15 is 0 Å². The SMILES string of the molecule is C#Cc1ncc2cc(Cc3ccc(-c4ccccc4)cc3)n(C3CCCCC3)c2n1.C#Cc1ncc2cc(Cc3ccc(Cl)cc3)n(C3CCCCC3)c2n1.C#Cc1ncc2cc(Cc3ccccc3)n(C3CCCCC3)c2n1.CC.CC.CC.CC.Cc1ncc(C(=O)NCCc2ccc(N3CCN(C)CC3)cc2)c(NC2CCCCC2)n1. The molecule has 5 aliphatic rings. The molecule has 17 rings (SSSR count). The highest BCUT2D eigenvalue weighted by Crippen LogP contribution is 2.38. The van der Waals surface area contributed by atoms with Crippen molar-refractivity contribution in [1.82, 2.24) is 63.8 Å². The van der Waals surface area contributed by atoms with Crippen LogP contribution in [0.2, 0.25) is 5.02 Å². The summed E-state index contributed by atoms with van der Waals surface area (Å²) in [6, 6.07) is 55.4. The number of nitrogens with one attached hydrogen (secondary N) is 2. The number of rotatable bonds is 17. The highest BCUT2D eigenvalue weighted by Gasteiger charge is 2.27. The van der Waals surface area contributed by atoms with Crippen LogP contribution < -0.4 is 15.5 Å². The van der Waals surface area contributed by atoms with Gasteiger partial charge in [0.1, 0.15) is 34.1 Å². The van der Waals surface area contributed by atoms with Gasteiger partial charge in [-0.2, -0.15) is 0 Å². The largest absolute Gasteiger partial charge is 0.369 e. The molecule has 5 fully saturated rings. The van der Waals surface area contributed by atoms with Gasteiger partial charge in [-0.05, 0) is 165 Å². The van der Waals surface area contributed by atoms with E-state index in [1.165, 1.54) is 172 Å². The van der Waals surface area contributed by atoms with Crippen molar-refractivity contribution in [1.29, 1.82) is 0 Å². The summed E-state index contributed by atoms with van der Waals surface area (Å²) in [6.07, 6.45) is 52.3. The van der Waals surface area contributed by atoms with Crippen molar-refractivity contribution in [3.8, 4) is 48.2 Å². The van der Waals surface area contributed by atoms with Gasteiger partial charge >= 0.3 is 0 Å². The predicted octanol–water partition coefficient (Wildman–Crippen LogP) is 23.2. The molecule has 1 amide bonds. The van der Waals surface area contributed by atoms with Crippen LogP contribution >= 0.6 is 11.6 Å². The number of anilines is 2. The number of hydrogen-bond acceptors (Lipinski definition) is 12. The zero-order valence-corrected chi connectivity index (χ0v) is 73.1. The first-order valence-electron chi connectivity index (χ1n) is 44.3. The fraction of sp³-hybridized carbons (Fsp3) is 0.422. The van der Waals surface area contributed by atoms with Gasteiger partial charge in [-0.25, -0.2) is 39.9 Å². The third kappa shape index (κ3) is 25.1. The maximum Gasteiger partial charge on any atom is 0.256 e. The molecule has 8 heterocycles. The number of aryl methyl sites for hydroxylation is 1. The van der Waals surface area contributed by atoms with Crippen molar-refractivity contribution in [2.75, 3.05) is 50.0 Å². The molecular formula is C102H126ClN15O. The van der Waals surface area contributed by atoms with E-state index in [-0.39, 0.29) is 5.91 Å². The van der Waals surface area contributed by atoms with Crippen LogP contribution in [0.15, 0.2) is 176 Å². The van der Waals surface area contributed by atoms with Gasteiger partial charge in [0.15, 0.2) is 0 Å². The summed E-state index contributed by atoms with van der Waals surface area (Å²) in [5.41, 5.74) is 16.2. The van der Waals surface area contributed by atoms with E-state index in [0.29, 0.717) is 65.4 Å². The fourth-order valence-corrected chi connectivity index (χ4v) is 17.0. The number of halogens is 1. The quantitative estimate of drug-likeness (QED) is 0.0830. The van der Waals surface area contributed by atoms with Crippen molar-refractivity contribution in [3.63, 3.8) is 0 Å². The van der Waals surface area contributed by atoms with Crippen molar-refractivity contribution in [2.45, 2.75) is 241 Å². The van der Waals surface area contributed by atoms with Gasteiger partial charge in [-0.15, -0.1) is 19.3 Å². The van der Waals surface area contributed by atoms with Gasteiger partial charge < -0.3 is 34.1 Å². The minimum atomic E-state index is -0.114. The van der Waals surface area contributed by atoms with Gasteiger partial charge in [-0.1, -0.05) is 253 Å². The molecule has 4 aliphatic carbocycles. The molecule has 0 spiro atoms. The Morgan fingerprint density at radius 1 is 0.437 bits per heavy atom. The second-order valence-electron chi connectivity index (χ2n) is 30.6. The number of carbonyl (C=O) groups is 1. The topological polar surface area (TPSA) is 166 Å². The van der Waals surface area contributed by atoms with E-state index in [0.717, 1.165) is 103 Å². The number of nitrogens with zero attached hydrogens (tertiary/aromatic N) is 13. The highest BCUT2D eigenvalue weighted by molar-refractivity contribution is 6.30. The molecule has 119 heavy (non-hydrogen) atoms. The zero-order chi connectivity index (χ0) is 84.3. The normalized spacial score (nSPS) is 15.0. The first kappa shape index (κ1) is 90.4. The van der Waals surface area contributed by atoms with E-state index in [1.807, 2.05) is 93.0 Å². The Kier molecular flexibility index (Phi) is 36.1. The second kappa shape index (κ2) is 47.6. The van der Waals surface area contributed by atoms with Gasteiger partial charge in [-0.3, -0.25) is 4.79 Å². The standard InChI is InChI=1S/C27H25N3.C25H36N6O.C21H20ClN3.C21H21N3.4C2H6/c1-2-26-28-19-23-18-25(30(27(23)29-26)24-11-7-4-8-12-24)17-20-13-15-22(16-14-20)21-9-5-3-6-10-21;1-19-27-18-23(24(28-19)29-21-6-4-3-5-7-21)25(32)26-13-12-20-8-10-22(11-9-20)31-16-14-30(2)15-17-31;1-2-20-23-14-16-13-19(12-15-8-10-17(22)11-9-15)25(21(16)24-20)18-6-4-3-5-7-18;1-2-20-22-15-17-14-19(13-16-9-5-3-6-10-16)24(21(17)23-20)18-11-7-4-8-12-18;4*1-2/h1,3,5-6,9-10,13-16,18-19,24H,4,7-8,11-12,17H2;8-11,18,21H,3-7,12-17H2,1-2H3,(H,26,32)(H,27,28,29);1,8-11,13-14,18H,3-7,12H2;1,3,5-6,9-10,14-15,18H,4,7-8,11-13H2;4*1-2H3. The summed E-state index contributed by atoms with van der Waals surface area (Å²) >= 11 is 6.02. The molecule has 16 nitrogen and oxygen atoms in total. The molecule has 2 N–H and O–H groups in total. The van der Waals surface area contributed by atoms with Crippen LogP contribution in [0, 0.1) is 44.0 Å². The molecule has 1 aliphatic heterocycles. The lowest BCUT2D eigenvalue weighted by Gasteiger charge is -2.34. The van der Waals surface area contributed by atoms with Crippen LogP contribution in [0.3, 0.4) is 0 Å². The second-order valence-corrected chi connectivity index (χ2v) is 31.0. The van der Waals surface area contributed by atoms with Crippen LogP contribution in [0.4, 0.5) is 11.5 Å². The van der Waals surface area contributed by atoms with E-state index in [9.17, 15) is 4.79 Å². The van der Waals surface area contributed by atoms with Crippen molar-refractivity contribution < 1.29 is 4.79 Å². The summed E-state index contributed by atoms with van der Waals surface area (Å²) in [6.45, 7) is 22.8. The number of aromatic nitrogens is 11. The average Bonchev–Trinajstić information content (AvgIpc) is 1.64. The molecule has 12 aromatic rings. The van der Waals surface area contributed by atoms with Crippen LogP contribution in [0.1, 0.15) is 275 Å². The molecule has 622 valence electrons. The number of benzene rings is 5. The monoisotopic (exact) mass is 1610 g/mol. The van der Waals surface area contributed by atoms with Crippen LogP contribution in [0.25, 0.3) is 44.2 Å². The Labute approximate surface area is 714 Å². The fourth-order valence-electron chi connectivity index (χ4n) is 16.9. The summed E-state index contributed by atoms with van der Waals surface area (Å²) < 4.78 is 7.29. The number of piperazine rings is 1. The number of amides is 1. The summed E-state index contributed by atoms with van der Waals surface area (Å²) in [4.78, 5) is 53.3. The van der Waals surface area contributed by atoms with E-state index in [2.05, 4.69) is 233 Å². The molecule has 7 aromatic heterocycles. The number of likely N-dealkylation sites (N-methyl/N-ethyl adjacent to an activating group) is 1. The Bertz CT molecular complexity index is 5190. The Balaban J connectivity index is 0.000000163. The highest BCUT2D eigenvalue weighted by atomic mass is 35.5. The van der Waals surface area contributed by atoms with Gasteiger partial charge in [0.05, 0.1) is 0 Å². The number of carbonyl (C=O) groups excluding carboxylic acids is 1. The Morgan fingerprint density at radius 2 is 0.815 bits per heavy atom. The van der Waals surface area contributed by atoms with Crippen molar-refractivity contribution in [2.24, 2.45) is 0 Å². The minimum Gasteiger partial charge on any atom is -0.369 e. The zero-order valence-electron chi connectivity index (χ0n) is 72.4. The molecule has 0 bridgehead atoms. The van der Waals surface area contributed by atoms with Crippen molar-refractivity contribution in [3.05, 3.63) is 250 Å². The van der Waals surface area contributed by atoms with Crippen LogP contribution in [0.5, 0.6) is 0 Å². The number of terminal acetylenes is 3. The molecule has 1 saturated heterocycles. The molecule has 0 unspecified atom stereocenters. The van der Waals surface area contributed by atoms with E-state index in [4.69, 9.17) is 35.9 Å². The third-order valence-electron chi connectivity index (χ3n) is 22.8. The predicted molar refractivity (Wildman–Crippen MR) is 496 cm³/mol. The molecule has 5 aromatic carbocycles. The van der Waals surface area contributed by atoms with E-state index < -0.39 is 0 Å². The Hall–Kier alpha value is -11.0. The minimum absolute atomic E-state index is 0.114. The molecule has 0 atom stereocenters. The Morgan fingerprint density at radius 3 is 1.24 bits per heavy atom. The average molecular weight is 1610 g/mol. The number of hydrogen-bond donors (Lipinski definition) is 2.